The molecule has 0 radical (unpaired) electrons. The number of hydrogen-bond acceptors (Lipinski definition) is 1. The Bertz CT molecular complexity index is 331. The molecule has 98 valence electrons. The third-order valence-electron chi connectivity index (χ3n) is 2.66. The number of halogens is 3. The molecule has 17 heavy (non-hydrogen) atoms. The van der Waals surface area contributed by atoms with Gasteiger partial charge in [0.25, 0.3) is 0 Å². The van der Waals surface area contributed by atoms with Gasteiger partial charge in [0.15, 0.2) is 0 Å². The average molecular weight is 248 g/mol. The number of nitrogens with one attached hydrogen (secondary N) is 1. The summed E-state index contributed by atoms with van der Waals surface area (Å²) in [6.07, 6.45) is -0.896. The fourth-order valence-corrected chi connectivity index (χ4v) is 1.74. The Balaban J connectivity index is 2.40. The van der Waals surface area contributed by atoms with E-state index in [-0.39, 0.29) is 12.5 Å². The lowest BCUT2D eigenvalue weighted by atomic mass is 10.2. The maximum absolute atomic E-state index is 12.0. The first-order valence-corrected chi connectivity index (χ1v) is 5.88. The Kier molecular flexibility index (Phi) is 5.05. The SMILES string of the molecule is CCNC(C)c1ccn(CCCC(F)(F)F)c1. The van der Waals surface area contributed by atoms with Gasteiger partial charge in [0, 0.05) is 31.4 Å². The predicted molar refractivity (Wildman–Crippen MR) is 61.8 cm³/mol. The van der Waals surface area contributed by atoms with Crippen LogP contribution in [0, 0.1) is 0 Å². The summed E-state index contributed by atoms with van der Waals surface area (Å²) in [5.41, 5.74) is 1.11. The van der Waals surface area contributed by atoms with E-state index in [0.717, 1.165) is 12.1 Å². The minimum absolute atomic E-state index is 0.132. The highest BCUT2D eigenvalue weighted by Gasteiger charge is 2.25. The van der Waals surface area contributed by atoms with Gasteiger partial charge in [-0.1, -0.05) is 6.92 Å². The summed E-state index contributed by atoms with van der Waals surface area (Å²) in [7, 11) is 0. The van der Waals surface area contributed by atoms with E-state index in [1.54, 1.807) is 0 Å². The smallest absolute Gasteiger partial charge is 0.354 e. The molecule has 1 aromatic rings. The van der Waals surface area contributed by atoms with Crippen molar-refractivity contribution in [1.82, 2.24) is 9.88 Å². The third kappa shape index (κ3) is 5.26. The van der Waals surface area contributed by atoms with E-state index in [9.17, 15) is 13.2 Å². The van der Waals surface area contributed by atoms with Gasteiger partial charge >= 0.3 is 6.18 Å². The standard InChI is InChI=1S/C12H19F3N2/c1-3-16-10(2)11-5-8-17(9-11)7-4-6-12(13,14)15/h5,8-10,16H,3-4,6-7H2,1-2H3. The van der Waals surface area contributed by atoms with Crippen molar-refractivity contribution in [2.75, 3.05) is 6.54 Å². The Hall–Kier alpha value is -0.970. The summed E-state index contributed by atoms with van der Waals surface area (Å²) in [6.45, 7) is 5.36. The van der Waals surface area contributed by atoms with E-state index < -0.39 is 12.6 Å². The maximum Gasteiger partial charge on any atom is 0.389 e. The molecule has 0 aliphatic rings. The Morgan fingerprint density at radius 1 is 1.41 bits per heavy atom. The van der Waals surface area contributed by atoms with Gasteiger partial charge in [0.05, 0.1) is 0 Å². The number of alkyl halides is 3. The molecule has 0 aliphatic heterocycles. The molecule has 0 bridgehead atoms. The number of hydrogen-bond donors (Lipinski definition) is 1. The van der Waals surface area contributed by atoms with Crippen LogP contribution in [-0.2, 0) is 6.54 Å². The molecule has 1 atom stereocenters. The maximum atomic E-state index is 12.0. The third-order valence-corrected chi connectivity index (χ3v) is 2.66. The molecular weight excluding hydrogens is 229 g/mol. The first kappa shape index (κ1) is 14.1. The number of aryl methyl sites for hydroxylation is 1. The topological polar surface area (TPSA) is 17.0 Å². The first-order chi connectivity index (χ1) is 7.92. The van der Waals surface area contributed by atoms with E-state index in [2.05, 4.69) is 5.32 Å². The Labute approximate surface area is 99.8 Å². The molecule has 0 aliphatic carbocycles. The first-order valence-electron chi connectivity index (χ1n) is 5.88. The summed E-state index contributed by atoms with van der Waals surface area (Å²) in [5, 5.41) is 3.26. The van der Waals surface area contributed by atoms with Crippen molar-refractivity contribution in [3.05, 3.63) is 24.0 Å². The molecule has 5 heteroatoms. The zero-order valence-corrected chi connectivity index (χ0v) is 10.2. The molecule has 1 rings (SSSR count). The highest BCUT2D eigenvalue weighted by Crippen LogP contribution is 2.22. The highest BCUT2D eigenvalue weighted by molar-refractivity contribution is 5.14. The van der Waals surface area contributed by atoms with Crippen molar-refractivity contribution in [2.45, 2.75) is 45.5 Å². The van der Waals surface area contributed by atoms with Crippen LogP contribution < -0.4 is 5.32 Å². The molecule has 0 fully saturated rings. The van der Waals surface area contributed by atoms with Crippen LogP contribution in [0.1, 0.15) is 38.3 Å². The van der Waals surface area contributed by atoms with Gasteiger partial charge in [0.2, 0.25) is 0 Å². The molecule has 2 nitrogen and oxygen atoms in total. The number of aromatic nitrogens is 1. The normalized spacial score (nSPS) is 13.9. The summed E-state index contributed by atoms with van der Waals surface area (Å²) in [5.74, 6) is 0. The summed E-state index contributed by atoms with van der Waals surface area (Å²) < 4.78 is 37.7. The summed E-state index contributed by atoms with van der Waals surface area (Å²) >= 11 is 0. The number of nitrogens with zero attached hydrogens (tertiary/aromatic N) is 1. The zero-order chi connectivity index (χ0) is 12.9. The quantitative estimate of drug-likeness (QED) is 0.815. The van der Waals surface area contributed by atoms with Crippen LogP contribution in [0.2, 0.25) is 0 Å². The van der Waals surface area contributed by atoms with Crippen LogP contribution in [0.4, 0.5) is 13.2 Å². The van der Waals surface area contributed by atoms with Gasteiger partial charge in [-0.05, 0) is 31.5 Å². The van der Waals surface area contributed by atoms with E-state index >= 15 is 0 Å². The second-order valence-corrected chi connectivity index (χ2v) is 4.18. The lowest BCUT2D eigenvalue weighted by Gasteiger charge is -2.10. The van der Waals surface area contributed by atoms with Crippen molar-refractivity contribution in [3.8, 4) is 0 Å². The van der Waals surface area contributed by atoms with Gasteiger partial charge in [-0.25, -0.2) is 0 Å². The van der Waals surface area contributed by atoms with Crippen LogP contribution in [0.15, 0.2) is 18.5 Å². The van der Waals surface area contributed by atoms with Crippen LogP contribution in [0.5, 0.6) is 0 Å². The molecule has 1 unspecified atom stereocenters. The van der Waals surface area contributed by atoms with E-state index in [1.807, 2.05) is 36.9 Å². The minimum Gasteiger partial charge on any atom is -0.354 e. The molecule has 0 amide bonds. The zero-order valence-electron chi connectivity index (χ0n) is 10.2. The van der Waals surface area contributed by atoms with Gasteiger partial charge in [-0.3, -0.25) is 0 Å². The highest BCUT2D eigenvalue weighted by atomic mass is 19.4. The van der Waals surface area contributed by atoms with E-state index in [0.29, 0.717) is 6.54 Å². The van der Waals surface area contributed by atoms with Crippen LogP contribution in [0.25, 0.3) is 0 Å². The molecule has 0 aromatic carbocycles. The second kappa shape index (κ2) is 6.10. The van der Waals surface area contributed by atoms with Crippen LogP contribution in [0.3, 0.4) is 0 Å². The second-order valence-electron chi connectivity index (χ2n) is 4.18. The average Bonchev–Trinajstić information content (AvgIpc) is 2.65. The monoisotopic (exact) mass is 248 g/mol. The lowest BCUT2D eigenvalue weighted by molar-refractivity contribution is -0.135. The van der Waals surface area contributed by atoms with E-state index in [1.165, 1.54) is 0 Å². The Morgan fingerprint density at radius 3 is 2.71 bits per heavy atom. The van der Waals surface area contributed by atoms with Gasteiger partial charge in [-0.2, -0.15) is 13.2 Å². The van der Waals surface area contributed by atoms with Crippen molar-refractivity contribution < 1.29 is 13.2 Å². The van der Waals surface area contributed by atoms with Gasteiger partial charge in [0.1, 0.15) is 0 Å². The summed E-state index contributed by atoms with van der Waals surface area (Å²) in [6, 6.07) is 2.19. The van der Waals surface area contributed by atoms with Crippen molar-refractivity contribution in [2.24, 2.45) is 0 Å². The fraction of sp³-hybridized carbons (Fsp3) is 0.667. The fourth-order valence-electron chi connectivity index (χ4n) is 1.74. The minimum atomic E-state index is -4.05. The molecule has 1 heterocycles. The van der Waals surface area contributed by atoms with E-state index in [4.69, 9.17) is 0 Å². The molecule has 0 spiro atoms. The van der Waals surface area contributed by atoms with Gasteiger partial charge in [-0.15, -0.1) is 0 Å². The summed E-state index contributed by atoms with van der Waals surface area (Å²) in [4.78, 5) is 0. The Morgan fingerprint density at radius 2 is 2.12 bits per heavy atom. The van der Waals surface area contributed by atoms with Gasteiger partial charge < -0.3 is 9.88 Å². The predicted octanol–water partition coefficient (Wildman–Crippen LogP) is 3.50. The lowest BCUT2D eigenvalue weighted by Crippen LogP contribution is -2.17. The molecular formula is C12H19F3N2. The molecule has 0 saturated carbocycles. The molecule has 1 N–H and O–H groups in total. The van der Waals surface area contributed by atoms with Crippen molar-refractivity contribution in [1.29, 1.82) is 0 Å². The molecule has 1 aromatic heterocycles. The van der Waals surface area contributed by atoms with Crippen LogP contribution in [-0.4, -0.2) is 17.3 Å². The largest absolute Gasteiger partial charge is 0.389 e. The van der Waals surface area contributed by atoms with Crippen molar-refractivity contribution >= 4 is 0 Å². The van der Waals surface area contributed by atoms with Crippen LogP contribution >= 0.6 is 0 Å². The van der Waals surface area contributed by atoms with Crippen molar-refractivity contribution in [3.63, 3.8) is 0 Å². The number of rotatable bonds is 6. The molecule has 0 saturated heterocycles.